The molecule has 0 bridgehead atoms. The molecule has 2 N–H and O–H groups in total. The van der Waals surface area contributed by atoms with Crippen molar-refractivity contribution in [3.05, 3.63) is 40.7 Å². The predicted molar refractivity (Wildman–Crippen MR) is 122 cm³/mol. The molecule has 1 amide bonds. The molecule has 0 radical (unpaired) electrons. The van der Waals surface area contributed by atoms with Gasteiger partial charge in [-0.1, -0.05) is 26.8 Å². The second kappa shape index (κ2) is 8.89. The molecule has 31 heavy (non-hydrogen) atoms. The van der Waals surface area contributed by atoms with Gasteiger partial charge in [-0.15, -0.1) is 0 Å². The molecule has 0 aliphatic carbocycles. The fourth-order valence-electron chi connectivity index (χ4n) is 3.00. The highest BCUT2D eigenvalue weighted by molar-refractivity contribution is 7.90. The Balaban J connectivity index is 2.68. The fraction of sp³-hybridized carbons (Fsp3) is 0.429. The number of rotatable bonds is 6. The van der Waals surface area contributed by atoms with Crippen LogP contribution in [0.5, 0.6) is 0 Å². The zero-order chi connectivity index (χ0) is 23.6. The summed E-state index contributed by atoms with van der Waals surface area (Å²) in [5, 5.41) is 5.23. The minimum Gasteiger partial charge on any atom is -0.368 e. The summed E-state index contributed by atoms with van der Waals surface area (Å²) in [7, 11) is -0.440. The number of hydrogen-bond donors (Lipinski definition) is 2. The summed E-state index contributed by atoms with van der Waals surface area (Å²) >= 11 is 0. The van der Waals surface area contributed by atoms with Crippen LogP contribution in [-0.2, 0) is 9.84 Å². The van der Waals surface area contributed by atoms with Gasteiger partial charge in [0.25, 0.3) is 11.6 Å². The molecule has 0 unspecified atom stereocenters. The Bertz CT molecular complexity index is 1150. The Labute approximate surface area is 183 Å². The Morgan fingerprint density at radius 1 is 1.26 bits per heavy atom. The van der Waals surface area contributed by atoms with Gasteiger partial charge in [0.05, 0.1) is 6.57 Å². The average molecular weight is 445 g/mol. The van der Waals surface area contributed by atoms with Crippen molar-refractivity contribution in [1.82, 2.24) is 15.3 Å². The van der Waals surface area contributed by atoms with Gasteiger partial charge in [0.15, 0.2) is 0 Å². The highest BCUT2D eigenvalue weighted by Gasteiger charge is 2.25. The maximum atomic E-state index is 12.2. The van der Waals surface area contributed by atoms with Gasteiger partial charge >= 0.3 is 0 Å². The van der Waals surface area contributed by atoms with Crippen LogP contribution in [0.25, 0.3) is 4.85 Å². The Morgan fingerprint density at radius 2 is 1.90 bits per heavy atom. The highest BCUT2D eigenvalue weighted by Crippen LogP contribution is 2.37. The van der Waals surface area contributed by atoms with Gasteiger partial charge in [-0.25, -0.2) is 23.2 Å². The van der Waals surface area contributed by atoms with Crippen molar-refractivity contribution in [2.75, 3.05) is 37.1 Å². The van der Waals surface area contributed by atoms with Crippen LogP contribution in [0.15, 0.2) is 23.4 Å². The molecule has 0 atom stereocenters. The third-order valence-corrected chi connectivity index (χ3v) is 5.19. The molecule has 0 aliphatic heterocycles. The van der Waals surface area contributed by atoms with E-state index in [-0.39, 0.29) is 33.8 Å². The molecule has 10 heteroatoms. The summed E-state index contributed by atoms with van der Waals surface area (Å²) in [6, 6.07) is 5.07. The monoisotopic (exact) mass is 444 g/mol. The number of aryl methyl sites for hydroxylation is 1. The Kier molecular flexibility index (Phi) is 6.91. The number of nitrogens with zero attached hydrogens (tertiary/aromatic N) is 4. The predicted octanol–water partition coefficient (Wildman–Crippen LogP) is 3.32. The van der Waals surface area contributed by atoms with Crippen LogP contribution >= 0.6 is 0 Å². The first-order valence-corrected chi connectivity index (χ1v) is 11.5. The summed E-state index contributed by atoms with van der Waals surface area (Å²) in [4.78, 5) is 25.7. The van der Waals surface area contributed by atoms with Crippen molar-refractivity contribution in [3.63, 3.8) is 0 Å². The van der Waals surface area contributed by atoms with Crippen LogP contribution in [0.2, 0.25) is 0 Å². The number of sulfone groups is 1. The first-order chi connectivity index (χ1) is 14.3. The maximum Gasteiger partial charge on any atom is 0.269 e. The molecule has 1 aromatic carbocycles. The highest BCUT2D eigenvalue weighted by atomic mass is 32.2. The third-order valence-electron chi connectivity index (χ3n) is 4.34. The fourth-order valence-corrected chi connectivity index (χ4v) is 3.51. The number of nitrogens with one attached hydrogen (secondary N) is 2. The van der Waals surface area contributed by atoms with E-state index in [1.165, 1.54) is 7.05 Å². The number of amides is 1. The molecule has 2 rings (SSSR count). The van der Waals surface area contributed by atoms with Gasteiger partial charge in [-0.05, 0) is 30.0 Å². The summed E-state index contributed by atoms with van der Waals surface area (Å²) in [6.45, 7) is 16.2. The standard InChI is InChI=1S/C21H28N6O3S/c1-13-9-10-14(19(28)23-6)11-15(13)24-17-16(22-5)18(27(7)12-21(2,3)4)26-20(25-17)31(8,29)30/h9-11H,12H2,1-4,6-8H3,(H,23,28)(H,24,25,26). The van der Waals surface area contributed by atoms with E-state index in [2.05, 4.69) is 25.4 Å². The molecule has 9 nitrogen and oxygen atoms in total. The second-order valence-electron chi connectivity index (χ2n) is 8.56. The average Bonchev–Trinajstić information content (AvgIpc) is 2.66. The third kappa shape index (κ3) is 5.92. The molecular formula is C21H28N6O3S. The van der Waals surface area contributed by atoms with E-state index in [0.717, 1.165) is 11.8 Å². The second-order valence-corrected chi connectivity index (χ2v) is 10.5. The van der Waals surface area contributed by atoms with Crippen molar-refractivity contribution in [1.29, 1.82) is 0 Å². The Morgan fingerprint density at radius 3 is 2.42 bits per heavy atom. The van der Waals surface area contributed by atoms with Crippen LogP contribution in [0.4, 0.5) is 23.0 Å². The topological polar surface area (TPSA) is 109 Å². The largest absolute Gasteiger partial charge is 0.368 e. The van der Waals surface area contributed by atoms with Crippen LogP contribution in [0, 0.1) is 18.9 Å². The van der Waals surface area contributed by atoms with E-state index in [0.29, 0.717) is 17.8 Å². The van der Waals surface area contributed by atoms with Gasteiger partial charge in [0, 0.05) is 38.1 Å². The first-order valence-electron chi connectivity index (χ1n) is 9.57. The number of carbonyl (C=O) groups is 1. The molecule has 0 fully saturated rings. The normalized spacial score (nSPS) is 11.5. The first kappa shape index (κ1) is 24.1. The SMILES string of the molecule is [C-]#[N+]c1c(Nc2cc(C(=O)NC)ccc2C)nc(S(C)(=O)=O)nc1N(C)CC(C)(C)C. The summed E-state index contributed by atoms with van der Waals surface area (Å²) in [5.41, 5.74) is 1.74. The van der Waals surface area contributed by atoms with E-state index >= 15 is 0 Å². The van der Waals surface area contributed by atoms with Crippen molar-refractivity contribution in [2.24, 2.45) is 5.41 Å². The Hall–Kier alpha value is -3.19. The van der Waals surface area contributed by atoms with E-state index in [4.69, 9.17) is 6.57 Å². The lowest BCUT2D eigenvalue weighted by Crippen LogP contribution is -2.30. The minimum absolute atomic E-state index is 0.0679. The summed E-state index contributed by atoms with van der Waals surface area (Å²) in [5.74, 6) is 0.0277. The zero-order valence-corrected chi connectivity index (χ0v) is 19.7. The van der Waals surface area contributed by atoms with Crippen molar-refractivity contribution >= 4 is 38.8 Å². The summed E-state index contributed by atoms with van der Waals surface area (Å²) < 4.78 is 24.5. The molecule has 0 saturated carbocycles. The molecular weight excluding hydrogens is 416 g/mol. The quantitative estimate of drug-likeness (QED) is 0.520. The number of carbonyl (C=O) groups excluding carboxylic acids is 1. The van der Waals surface area contributed by atoms with Gasteiger partial charge in [-0.3, -0.25) is 4.79 Å². The molecule has 2 aromatic rings. The van der Waals surface area contributed by atoms with E-state index in [1.807, 2.05) is 27.7 Å². The lowest BCUT2D eigenvalue weighted by molar-refractivity contribution is 0.0963. The number of benzene rings is 1. The number of aromatic nitrogens is 2. The minimum atomic E-state index is -3.73. The molecule has 166 valence electrons. The van der Waals surface area contributed by atoms with Gasteiger partial charge in [0.1, 0.15) is 11.6 Å². The molecule has 0 saturated heterocycles. The van der Waals surface area contributed by atoms with E-state index in [9.17, 15) is 13.2 Å². The maximum absolute atomic E-state index is 12.2. The smallest absolute Gasteiger partial charge is 0.269 e. The molecule has 1 heterocycles. The van der Waals surface area contributed by atoms with Gasteiger partial charge in [0.2, 0.25) is 15.0 Å². The van der Waals surface area contributed by atoms with Crippen molar-refractivity contribution in [3.8, 4) is 0 Å². The van der Waals surface area contributed by atoms with Crippen molar-refractivity contribution in [2.45, 2.75) is 32.9 Å². The van der Waals surface area contributed by atoms with Crippen LogP contribution < -0.4 is 15.5 Å². The zero-order valence-electron chi connectivity index (χ0n) is 18.9. The van der Waals surface area contributed by atoms with Gasteiger partial charge in [-0.2, -0.15) is 0 Å². The number of hydrogen-bond acceptors (Lipinski definition) is 7. The van der Waals surface area contributed by atoms with Crippen LogP contribution in [0.1, 0.15) is 36.7 Å². The number of anilines is 3. The molecule has 0 aliphatic rings. The lowest BCUT2D eigenvalue weighted by Gasteiger charge is -2.28. The van der Waals surface area contributed by atoms with Crippen LogP contribution in [0.3, 0.4) is 0 Å². The lowest BCUT2D eigenvalue weighted by atomic mass is 9.96. The molecule has 0 spiro atoms. The van der Waals surface area contributed by atoms with E-state index in [1.54, 1.807) is 30.1 Å². The van der Waals surface area contributed by atoms with Crippen LogP contribution in [-0.4, -0.2) is 51.2 Å². The molecule has 1 aromatic heterocycles. The van der Waals surface area contributed by atoms with E-state index < -0.39 is 9.84 Å². The van der Waals surface area contributed by atoms with Crippen molar-refractivity contribution < 1.29 is 13.2 Å². The summed E-state index contributed by atoms with van der Waals surface area (Å²) in [6.07, 6.45) is 1.02. The van der Waals surface area contributed by atoms with Gasteiger partial charge < -0.3 is 15.5 Å².